The van der Waals surface area contributed by atoms with Crippen molar-refractivity contribution in [2.24, 2.45) is 0 Å². The standard InChI is InChI=1S/C15H17N3OS/c1-15(2,11-6-4-3-5-7-11)13(19)16-14-18-17-12(20-14)10-8-9-10/h3-7,10H,8-9H2,1-2H3,(H,16,18,19). The van der Waals surface area contributed by atoms with Crippen LogP contribution in [0.5, 0.6) is 0 Å². The maximum Gasteiger partial charge on any atom is 0.236 e. The lowest BCUT2D eigenvalue weighted by Gasteiger charge is -2.23. The fourth-order valence-corrected chi connectivity index (χ4v) is 2.93. The number of nitrogens with one attached hydrogen (secondary N) is 1. The van der Waals surface area contributed by atoms with Crippen molar-refractivity contribution in [3.63, 3.8) is 0 Å². The van der Waals surface area contributed by atoms with Crippen molar-refractivity contribution in [1.29, 1.82) is 0 Å². The average molecular weight is 287 g/mol. The molecule has 0 saturated heterocycles. The zero-order valence-corrected chi connectivity index (χ0v) is 12.4. The Morgan fingerprint density at radius 2 is 1.95 bits per heavy atom. The summed E-state index contributed by atoms with van der Waals surface area (Å²) in [6, 6.07) is 9.77. The molecule has 1 N–H and O–H groups in total. The molecule has 1 saturated carbocycles. The van der Waals surface area contributed by atoms with Gasteiger partial charge in [-0.2, -0.15) is 0 Å². The third-order valence-corrected chi connectivity index (χ3v) is 4.65. The van der Waals surface area contributed by atoms with E-state index >= 15 is 0 Å². The van der Waals surface area contributed by atoms with Gasteiger partial charge in [0.1, 0.15) is 5.01 Å². The summed E-state index contributed by atoms with van der Waals surface area (Å²) in [6.07, 6.45) is 2.39. The number of amides is 1. The summed E-state index contributed by atoms with van der Waals surface area (Å²) >= 11 is 1.49. The summed E-state index contributed by atoms with van der Waals surface area (Å²) in [7, 11) is 0. The quantitative estimate of drug-likeness (QED) is 0.938. The molecule has 0 bridgehead atoms. The lowest BCUT2D eigenvalue weighted by Crippen LogP contribution is -2.34. The minimum Gasteiger partial charge on any atom is -0.300 e. The Bertz CT molecular complexity index is 617. The molecule has 0 spiro atoms. The number of nitrogens with zero attached hydrogens (tertiary/aromatic N) is 2. The van der Waals surface area contributed by atoms with Crippen LogP contribution in [0, 0.1) is 0 Å². The monoisotopic (exact) mass is 287 g/mol. The molecule has 5 heteroatoms. The normalized spacial score (nSPS) is 15.1. The van der Waals surface area contributed by atoms with Crippen molar-refractivity contribution in [1.82, 2.24) is 10.2 Å². The van der Waals surface area contributed by atoms with E-state index in [1.807, 2.05) is 44.2 Å². The molecule has 0 aliphatic heterocycles. The average Bonchev–Trinajstić information content (AvgIpc) is 3.20. The van der Waals surface area contributed by atoms with Crippen molar-refractivity contribution in [3.8, 4) is 0 Å². The number of hydrogen-bond acceptors (Lipinski definition) is 4. The van der Waals surface area contributed by atoms with Crippen molar-refractivity contribution < 1.29 is 4.79 Å². The third-order valence-electron chi connectivity index (χ3n) is 3.65. The molecule has 1 amide bonds. The highest BCUT2D eigenvalue weighted by Gasteiger charge is 2.31. The molecule has 4 nitrogen and oxygen atoms in total. The maximum absolute atomic E-state index is 12.5. The third kappa shape index (κ3) is 2.58. The van der Waals surface area contributed by atoms with Gasteiger partial charge in [0.25, 0.3) is 0 Å². The molecule has 0 radical (unpaired) electrons. The summed E-state index contributed by atoms with van der Waals surface area (Å²) in [5.41, 5.74) is 0.400. The molecule has 0 unspecified atom stereocenters. The van der Waals surface area contributed by atoms with Crippen LogP contribution in [-0.2, 0) is 10.2 Å². The van der Waals surface area contributed by atoms with Gasteiger partial charge in [-0.05, 0) is 32.3 Å². The number of anilines is 1. The van der Waals surface area contributed by atoms with Crippen LogP contribution in [-0.4, -0.2) is 16.1 Å². The van der Waals surface area contributed by atoms with E-state index in [-0.39, 0.29) is 5.91 Å². The largest absolute Gasteiger partial charge is 0.300 e. The van der Waals surface area contributed by atoms with E-state index < -0.39 is 5.41 Å². The van der Waals surface area contributed by atoms with Gasteiger partial charge in [-0.25, -0.2) is 0 Å². The SMILES string of the molecule is CC(C)(C(=O)Nc1nnc(C2CC2)s1)c1ccccc1. The molecule has 1 aromatic heterocycles. The molecule has 1 aromatic carbocycles. The molecule has 1 fully saturated rings. The Labute approximate surface area is 122 Å². The van der Waals surface area contributed by atoms with Crippen LogP contribution in [0.15, 0.2) is 30.3 Å². The van der Waals surface area contributed by atoms with Crippen LogP contribution in [0.2, 0.25) is 0 Å². The minimum absolute atomic E-state index is 0.0535. The van der Waals surface area contributed by atoms with E-state index in [4.69, 9.17) is 0 Å². The van der Waals surface area contributed by atoms with E-state index in [1.165, 1.54) is 24.2 Å². The summed E-state index contributed by atoms with van der Waals surface area (Å²) in [5, 5.41) is 12.7. The first-order valence-electron chi connectivity index (χ1n) is 6.78. The van der Waals surface area contributed by atoms with Crippen LogP contribution in [0.25, 0.3) is 0 Å². The number of carbonyl (C=O) groups is 1. The summed E-state index contributed by atoms with van der Waals surface area (Å²) < 4.78 is 0. The van der Waals surface area contributed by atoms with Gasteiger partial charge >= 0.3 is 0 Å². The molecular formula is C15H17N3OS. The molecule has 104 valence electrons. The Morgan fingerprint density at radius 1 is 1.25 bits per heavy atom. The molecule has 1 heterocycles. The number of rotatable bonds is 4. The van der Waals surface area contributed by atoms with Crippen LogP contribution >= 0.6 is 11.3 Å². The van der Waals surface area contributed by atoms with Gasteiger partial charge < -0.3 is 0 Å². The first-order chi connectivity index (χ1) is 9.57. The number of benzene rings is 1. The molecule has 1 aliphatic carbocycles. The highest BCUT2D eigenvalue weighted by molar-refractivity contribution is 7.15. The Morgan fingerprint density at radius 3 is 2.60 bits per heavy atom. The lowest BCUT2D eigenvalue weighted by molar-refractivity contribution is -0.120. The molecule has 20 heavy (non-hydrogen) atoms. The van der Waals surface area contributed by atoms with Gasteiger partial charge in [-0.3, -0.25) is 10.1 Å². The van der Waals surface area contributed by atoms with E-state index in [0.717, 1.165) is 10.6 Å². The first kappa shape index (κ1) is 13.2. The number of aromatic nitrogens is 2. The second kappa shape index (κ2) is 4.98. The van der Waals surface area contributed by atoms with E-state index in [1.54, 1.807) is 0 Å². The van der Waals surface area contributed by atoms with E-state index in [9.17, 15) is 4.79 Å². The second-order valence-corrected chi connectivity index (χ2v) is 6.67. The molecular weight excluding hydrogens is 270 g/mol. The predicted molar refractivity (Wildman–Crippen MR) is 80.0 cm³/mol. The fraction of sp³-hybridized carbons (Fsp3) is 0.400. The molecule has 3 rings (SSSR count). The topological polar surface area (TPSA) is 54.9 Å². The van der Waals surface area contributed by atoms with Crippen LogP contribution < -0.4 is 5.32 Å². The zero-order valence-electron chi connectivity index (χ0n) is 11.6. The van der Waals surface area contributed by atoms with E-state index in [0.29, 0.717) is 11.0 Å². The first-order valence-corrected chi connectivity index (χ1v) is 7.59. The van der Waals surface area contributed by atoms with Crippen LogP contribution in [0.1, 0.15) is 43.2 Å². The van der Waals surface area contributed by atoms with Crippen molar-refractivity contribution in [3.05, 3.63) is 40.9 Å². The highest BCUT2D eigenvalue weighted by atomic mass is 32.1. The number of hydrogen-bond donors (Lipinski definition) is 1. The highest BCUT2D eigenvalue weighted by Crippen LogP contribution is 2.42. The minimum atomic E-state index is -0.591. The van der Waals surface area contributed by atoms with Gasteiger partial charge in [0.15, 0.2) is 0 Å². The van der Waals surface area contributed by atoms with Crippen LogP contribution in [0.3, 0.4) is 0 Å². The van der Waals surface area contributed by atoms with Gasteiger partial charge in [-0.15, -0.1) is 10.2 Å². The van der Waals surface area contributed by atoms with Crippen LogP contribution in [0.4, 0.5) is 5.13 Å². The fourth-order valence-electron chi connectivity index (χ4n) is 2.02. The zero-order chi connectivity index (χ0) is 14.2. The predicted octanol–water partition coefficient (Wildman–Crippen LogP) is 3.33. The van der Waals surface area contributed by atoms with Crippen molar-refractivity contribution in [2.45, 2.75) is 38.0 Å². The Balaban J connectivity index is 1.74. The molecule has 0 atom stereocenters. The van der Waals surface area contributed by atoms with Gasteiger partial charge in [0, 0.05) is 5.92 Å². The smallest absolute Gasteiger partial charge is 0.236 e. The molecule has 1 aliphatic rings. The second-order valence-electron chi connectivity index (χ2n) is 5.66. The lowest BCUT2D eigenvalue weighted by atomic mass is 9.84. The summed E-state index contributed by atoms with van der Waals surface area (Å²) in [4.78, 5) is 12.5. The van der Waals surface area contributed by atoms with Gasteiger partial charge in [0.05, 0.1) is 5.41 Å². The Hall–Kier alpha value is -1.75. The van der Waals surface area contributed by atoms with Crippen molar-refractivity contribution >= 4 is 22.4 Å². The number of carbonyl (C=O) groups excluding carboxylic acids is 1. The maximum atomic E-state index is 12.5. The Kier molecular flexibility index (Phi) is 3.30. The van der Waals surface area contributed by atoms with Crippen molar-refractivity contribution in [2.75, 3.05) is 5.32 Å². The van der Waals surface area contributed by atoms with E-state index in [2.05, 4.69) is 15.5 Å². The summed E-state index contributed by atoms with van der Waals surface area (Å²) in [5.74, 6) is 0.516. The van der Waals surface area contributed by atoms with Gasteiger partial charge in [0.2, 0.25) is 11.0 Å². The van der Waals surface area contributed by atoms with Gasteiger partial charge in [-0.1, -0.05) is 41.7 Å². The molecule has 2 aromatic rings. The summed E-state index contributed by atoms with van der Waals surface area (Å²) in [6.45, 7) is 3.83.